The van der Waals surface area contributed by atoms with E-state index in [0.717, 1.165) is 23.0 Å². The van der Waals surface area contributed by atoms with Crippen LogP contribution >= 0.6 is 0 Å². The van der Waals surface area contributed by atoms with Gasteiger partial charge in [0.15, 0.2) is 0 Å². The average Bonchev–Trinajstić information content (AvgIpc) is 3.11. The molecule has 0 bridgehead atoms. The second-order valence-corrected chi connectivity index (χ2v) is 8.32. The molecule has 2 aliphatic rings. The first-order chi connectivity index (χ1) is 13.4. The van der Waals surface area contributed by atoms with Crippen LogP contribution in [-0.4, -0.2) is 56.1 Å². The van der Waals surface area contributed by atoms with Crippen molar-refractivity contribution in [3.63, 3.8) is 0 Å². The summed E-state index contributed by atoms with van der Waals surface area (Å²) in [6.07, 6.45) is 2.49. The van der Waals surface area contributed by atoms with Crippen LogP contribution in [-0.2, 0) is 22.6 Å². The SMILES string of the molecule is CC1(C)N2Cc3[nH]c4ccccc4c3C[C@H]2C(=O)N1[C@@H](CCCCN)C(=O)O. The fraction of sp³-hybridized carbons (Fsp3) is 0.524. The Morgan fingerprint density at radius 3 is 2.82 bits per heavy atom. The predicted octanol–water partition coefficient (Wildman–Crippen LogP) is 2.06. The molecule has 150 valence electrons. The van der Waals surface area contributed by atoms with E-state index in [9.17, 15) is 14.7 Å². The van der Waals surface area contributed by atoms with Gasteiger partial charge in [-0.2, -0.15) is 0 Å². The number of carboxylic acids is 1. The number of para-hydroxylation sites is 1. The first-order valence-electron chi connectivity index (χ1n) is 9.97. The van der Waals surface area contributed by atoms with E-state index in [1.807, 2.05) is 26.0 Å². The van der Waals surface area contributed by atoms with E-state index in [4.69, 9.17) is 5.73 Å². The molecule has 7 nitrogen and oxygen atoms in total. The molecule has 28 heavy (non-hydrogen) atoms. The number of nitrogens with two attached hydrogens (primary N) is 1. The van der Waals surface area contributed by atoms with Gasteiger partial charge in [0, 0.05) is 23.1 Å². The van der Waals surface area contributed by atoms with Gasteiger partial charge in [-0.25, -0.2) is 4.79 Å². The first kappa shape index (κ1) is 19.0. The molecule has 2 aliphatic heterocycles. The highest BCUT2D eigenvalue weighted by molar-refractivity contribution is 5.92. The van der Waals surface area contributed by atoms with Crippen molar-refractivity contribution in [2.45, 2.75) is 63.8 Å². The quantitative estimate of drug-likeness (QED) is 0.662. The number of H-pyrrole nitrogens is 1. The van der Waals surface area contributed by atoms with Crippen LogP contribution in [0.15, 0.2) is 24.3 Å². The number of hydrogen-bond acceptors (Lipinski definition) is 4. The van der Waals surface area contributed by atoms with E-state index in [1.54, 1.807) is 4.90 Å². The number of amides is 1. The van der Waals surface area contributed by atoms with Crippen LogP contribution in [0, 0.1) is 0 Å². The molecule has 0 unspecified atom stereocenters. The zero-order valence-corrected chi connectivity index (χ0v) is 16.4. The van der Waals surface area contributed by atoms with Crippen molar-refractivity contribution in [2.24, 2.45) is 5.73 Å². The van der Waals surface area contributed by atoms with Crippen LogP contribution < -0.4 is 5.73 Å². The lowest BCUT2D eigenvalue weighted by Gasteiger charge is -2.42. The van der Waals surface area contributed by atoms with E-state index in [-0.39, 0.29) is 11.9 Å². The number of fused-ring (bicyclic) bond motifs is 4. The Labute approximate surface area is 164 Å². The lowest BCUT2D eigenvalue weighted by atomic mass is 9.96. The van der Waals surface area contributed by atoms with E-state index >= 15 is 0 Å². The van der Waals surface area contributed by atoms with Crippen LogP contribution in [0.4, 0.5) is 0 Å². The molecular formula is C21H28N4O3. The number of carboxylic acid groups (broad SMARTS) is 1. The maximum absolute atomic E-state index is 13.4. The summed E-state index contributed by atoms with van der Waals surface area (Å²) in [5, 5.41) is 11.0. The molecule has 1 fully saturated rings. The van der Waals surface area contributed by atoms with Gasteiger partial charge in [0.2, 0.25) is 5.91 Å². The summed E-state index contributed by atoms with van der Waals surface area (Å²) in [4.78, 5) is 32.6. The van der Waals surface area contributed by atoms with Gasteiger partial charge in [0.05, 0.1) is 11.7 Å². The van der Waals surface area contributed by atoms with Crippen molar-refractivity contribution < 1.29 is 14.7 Å². The second-order valence-electron chi connectivity index (χ2n) is 8.32. The Balaban J connectivity index is 1.67. The lowest BCUT2D eigenvalue weighted by Crippen LogP contribution is -2.56. The van der Waals surface area contributed by atoms with Gasteiger partial charge in [0.25, 0.3) is 0 Å². The van der Waals surface area contributed by atoms with Gasteiger partial charge in [-0.15, -0.1) is 0 Å². The van der Waals surface area contributed by atoms with Gasteiger partial charge in [-0.05, 0) is 57.7 Å². The minimum absolute atomic E-state index is 0.0823. The van der Waals surface area contributed by atoms with Crippen molar-refractivity contribution in [1.29, 1.82) is 0 Å². The molecule has 2 atom stereocenters. The summed E-state index contributed by atoms with van der Waals surface area (Å²) in [6, 6.07) is 6.99. The largest absolute Gasteiger partial charge is 0.480 e. The zero-order valence-electron chi connectivity index (χ0n) is 16.4. The van der Waals surface area contributed by atoms with E-state index < -0.39 is 17.7 Å². The number of aliphatic carboxylic acids is 1. The summed E-state index contributed by atoms with van der Waals surface area (Å²) < 4.78 is 0. The molecule has 3 heterocycles. The van der Waals surface area contributed by atoms with Crippen molar-refractivity contribution in [1.82, 2.24) is 14.8 Å². The number of carbonyl (C=O) groups is 2. The third kappa shape index (κ3) is 2.81. The number of rotatable bonds is 6. The summed E-state index contributed by atoms with van der Waals surface area (Å²) in [5.74, 6) is -1.02. The number of unbranched alkanes of at least 4 members (excludes halogenated alkanes) is 1. The number of carbonyl (C=O) groups excluding carboxylic acids is 1. The molecule has 4 N–H and O–H groups in total. The highest BCUT2D eigenvalue weighted by Gasteiger charge is 2.56. The molecule has 7 heteroatoms. The van der Waals surface area contributed by atoms with Gasteiger partial charge < -0.3 is 20.7 Å². The van der Waals surface area contributed by atoms with Gasteiger partial charge in [-0.1, -0.05) is 18.2 Å². The number of nitrogens with zero attached hydrogens (tertiary/aromatic N) is 2. The summed E-state index contributed by atoms with van der Waals surface area (Å²) in [6.45, 7) is 5.05. The summed E-state index contributed by atoms with van der Waals surface area (Å²) in [7, 11) is 0. The lowest BCUT2D eigenvalue weighted by molar-refractivity contribution is -0.153. The Hall–Kier alpha value is -2.38. The maximum Gasteiger partial charge on any atom is 0.326 e. The van der Waals surface area contributed by atoms with Crippen molar-refractivity contribution in [3.8, 4) is 0 Å². The molecule has 4 rings (SSSR count). The first-order valence-corrected chi connectivity index (χ1v) is 9.97. The standard InChI is InChI=1S/C21H28N4O3/c1-21(2)24-12-16-14(13-7-3-4-8-15(13)23-16)11-18(24)19(26)25(21)17(20(27)28)9-5-6-10-22/h3-4,7-8,17-18,23H,5-6,9-12,22H2,1-2H3,(H,27,28)/t17-,18-/m0/s1. The molecule has 0 saturated carbocycles. The van der Waals surface area contributed by atoms with E-state index in [0.29, 0.717) is 32.4 Å². The van der Waals surface area contributed by atoms with Crippen molar-refractivity contribution in [3.05, 3.63) is 35.5 Å². The monoisotopic (exact) mass is 384 g/mol. The van der Waals surface area contributed by atoms with Crippen LogP contribution in [0.5, 0.6) is 0 Å². The van der Waals surface area contributed by atoms with E-state index in [2.05, 4.69) is 22.0 Å². The Kier molecular flexibility index (Phi) is 4.67. The van der Waals surface area contributed by atoms with Crippen LogP contribution in [0.2, 0.25) is 0 Å². The summed E-state index contributed by atoms with van der Waals surface area (Å²) >= 11 is 0. The van der Waals surface area contributed by atoms with Crippen molar-refractivity contribution in [2.75, 3.05) is 6.54 Å². The third-order valence-electron chi connectivity index (χ3n) is 6.35. The number of aromatic nitrogens is 1. The van der Waals surface area contributed by atoms with Crippen LogP contribution in [0.25, 0.3) is 10.9 Å². The molecule has 0 aliphatic carbocycles. The average molecular weight is 384 g/mol. The number of nitrogens with one attached hydrogen (secondary N) is 1. The van der Waals surface area contributed by atoms with Crippen LogP contribution in [0.3, 0.4) is 0 Å². The fourth-order valence-corrected chi connectivity index (χ4v) is 4.95. The van der Waals surface area contributed by atoms with Crippen LogP contribution in [0.1, 0.15) is 44.4 Å². The molecule has 1 aromatic heterocycles. The molecule has 1 amide bonds. The second kappa shape index (κ2) is 6.90. The Morgan fingerprint density at radius 1 is 1.36 bits per heavy atom. The molecule has 1 aromatic carbocycles. The molecule has 0 spiro atoms. The predicted molar refractivity (Wildman–Crippen MR) is 107 cm³/mol. The van der Waals surface area contributed by atoms with Gasteiger partial charge in [-0.3, -0.25) is 9.69 Å². The normalized spacial score (nSPS) is 22.3. The summed E-state index contributed by atoms with van der Waals surface area (Å²) in [5.41, 5.74) is 8.28. The smallest absolute Gasteiger partial charge is 0.326 e. The molecule has 1 saturated heterocycles. The third-order valence-corrected chi connectivity index (χ3v) is 6.35. The Bertz CT molecular complexity index is 920. The number of aromatic amines is 1. The topological polar surface area (TPSA) is 103 Å². The minimum atomic E-state index is -0.942. The Morgan fingerprint density at radius 2 is 2.11 bits per heavy atom. The maximum atomic E-state index is 13.4. The minimum Gasteiger partial charge on any atom is -0.480 e. The highest BCUT2D eigenvalue weighted by Crippen LogP contribution is 2.42. The number of hydrogen-bond donors (Lipinski definition) is 3. The van der Waals surface area contributed by atoms with Gasteiger partial charge >= 0.3 is 5.97 Å². The van der Waals surface area contributed by atoms with Gasteiger partial charge in [0.1, 0.15) is 6.04 Å². The van der Waals surface area contributed by atoms with Crippen molar-refractivity contribution >= 4 is 22.8 Å². The highest BCUT2D eigenvalue weighted by atomic mass is 16.4. The molecule has 2 aromatic rings. The fourth-order valence-electron chi connectivity index (χ4n) is 4.95. The molecular weight excluding hydrogens is 356 g/mol. The number of benzene rings is 1. The molecule has 0 radical (unpaired) electrons. The van der Waals surface area contributed by atoms with E-state index in [1.165, 1.54) is 5.56 Å². The zero-order chi connectivity index (χ0) is 20.1.